The molecule has 6 aromatic rings. The van der Waals surface area contributed by atoms with Crippen molar-refractivity contribution in [2.45, 2.75) is 101 Å². The van der Waals surface area contributed by atoms with Crippen LogP contribution >= 0.6 is 22.6 Å². The van der Waals surface area contributed by atoms with E-state index in [1.807, 2.05) is 22.6 Å². The number of nitrogen functional groups attached to an aromatic ring is 2. The molecule has 0 radical (unpaired) electrons. The first-order valence-electron chi connectivity index (χ1n) is 26.7. The number of nitrogens with zero attached hydrogens (tertiary/aromatic N) is 10. The van der Waals surface area contributed by atoms with Gasteiger partial charge in [0.15, 0.2) is 74.7 Å². The van der Waals surface area contributed by atoms with Gasteiger partial charge in [-0.05, 0) is 81.6 Å². The summed E-state index contributed by atoms with van der Waals surface area (Å²) in [7, 11) is 0. The molecule has 0 aliphatic carbocycles. The Balaban J connectivity index is 0.000000184. The van der Waals surface area contributed by atoms with E-state index in [1.165, 1.54) is 38.8 Å². The highest BCUT2D eigenvalue weighted by atomic mass is 127. The number of benzene rings is 2. The van der Waals surface area contributed by atoms with Gasteiger partial charge in [-0.25, -0.2) is 57.1 Å². The van der Waals surface area contributed by atoms with Gasteiger partial charge in [0.05, 0.1) is 12.7 Å². The third kappa shape index (κ3) is 14.9. The monoisotopic (exact) mass is 1300 g/mol. The van der Waals surface area contributed by atoms with Crippen LogP contribution in [0.1, 0.15) is 70.7 Å². The summed E-state index contributed by atoms with van der Waals surface area (Å²) in [6.07, 6.45) is 0.805. The maximum Gasteiger partial charge on any atom is 0.415 e. The van der Waals surface area contributed by atoms with Gasteiger partial charge in [0.1, 0.15) is 46.9 Å². The van der Waals surface area contributed by atoms with Gasteiger partial charge in [-0.3, -0.25) is 18.7 Å². The molecule has 4 saturated heterocycles. The number of fused-ring (bicyclic) bond motifs is 2. The topological polar surface area (TPSA) is 356 Å². The number of nitrogens with two attached hydrogens (primary N) is 2. The number of hydrogen-bond acceptors (Lipinski definition) is 20. The molecule has 10 N–H and O–H groups in total. The number of hydrogen-bond donors (Lipinski definition) is 8. The highest BCUT2D eigenvalue weighted by molar-refractivity contribution is 14.1. The summed E-state index contributed by atoms with van der Waals surface area (Å²) in [6.45, 7) is 6.15. The molecule has 10 rings (SSSR count). The number of aromatic nitrogens is 8. The summed E-state index contributed by atoms with van der Waals surface area (Å²) in [6, 6.07) is 5.92. The van der Waals surface area contributed by atoms with Gasteiger partial charge in [0.25, 0.3) is 11.8 Å². The van der Waals surface area contributed by atoms with E-state index in [2.05, 4.69) is 58.3 Å². The van der Waals surface area contributed by atoms with Gasteiger partial charge in [0, 0.05) is 86.8 Å². The number of likely N-dealkylation sites (tertiary alicyclic amines) is 2. The van der Waals surface area contributed by atoms with Gasteiger partial charge in [-0.15, -0.1) is 12.3 Å². The number of likely N-dealkylation sites (N-methyl/N-ethyl adjacent to an activating group) is 2. The van der Waals surface area contributed by atoms with E-state index >= 15 is 0 Å². The van der Waals surface area contributed by atoms with E-state index in [1.54, 1.807) is 18.7 Å². The summed E-state index contributed by atoms with van der Waals surface area (Å²) in [5, 5.41) is 46.4. The number of aliphatic hydroxyl groups is 4. The fraction of sp³-hybridized carbons (Fsp3) is 0.444. The second-order valence-electron chi connectivity index (χ2n) is 19.8. The molecule has 26 nitrogen and oxygen atoms in total. The molecule has 4 aliphatic rings. The summed E-state index contributed by atoms with van der Waals surface area (Å²) < 4.78 is 76.8. The number of amides is 4. The van der Waals surface area contributed by atoms with E-state index < -0.39 is 96.3 Å². The number of aliphatic hydroxyl groups excluding tert-OH is 4. The minimum atomic E-state index is -1.46. The molecule has 452 valence electrons. The fourth-order valence-corrected chi connectivity index (χ4v) is 10.0. The highest BCUT2D eigenvalue weighted by Gasteiger charge is 2.49. The van der Waals surface area contributed by atoms with Crippen LogP contribution in [0.3, 0.4) is 0 Å². The van der Waals surface area contributed by atoms with Gasteiger partial charge in [0.2, 0.25) is 5.82 Å². The van der Waals surface area contributed by atoms with Crippen LogP contribution in [-0.4, -0.2) is 169 Å². The molecular weight excluding hydrogens is 1240 g/mol. The zero-order chi connectivity index (χ0) is 61.2. The Morgan fingerprint density at radius 1 is 0.659 bits per heavy atom. The number of rotatable bonds is 10. The van der Waals surface area contributed by atoms with Crippen molar-refractivity contribution in [2.75, 3.05) is 50.7 Å². The van der Waals surface area contributed by atoms with E-state index in [-0.39, 0.29) is 46.0 Å². The van der Waals surface area contributed by atoms with Crippen molar-refractivity contribution < 1.29 is 76.1 Å². The lowest BCUT2D eigenvalue weighted by atomic mass is 9.94. The molecule has 4 amide bonds. The Hall–Kier alpha value is -8.05. The van der Waals surface area contributed by atoms with E-state index in [4.69, 9.17) is 36.8 Å². The summed E-state index contributed by atoms with van der Waals surface area (Å²) in [5.74, 6) is 4.31. The Morgan fingerprint density at radius 2 is 1.09 bits per heavy atom. The Bertz CT molecular complexity index is 3510. The molecule has 0 bridgehead atoms. The zero-order valence-corrected chi connectivity index (χ0v) is 47.7. The molecule has 4 fully saturated rings. The molecule has 0 saturated carbocycles. The summed E-state index contributed by atoms with van der Waals surface area (Å²) >= 11 is 1.91. The Kier molecular flexibility index (Phi) is 20.9. The normalized spacial score (nSPS) is 22.3. The quantitative estimate of drug-likeness (QED) is 0.0423. The average molecular weight is 1300 g/mol. The van der Waals surface area contributed by atoms with Crippen LogP contribution in [0.2, 0.25) is 0 Å². The number of halogens is 5. The number of ether oxygens (including phenoxy) is 4. The standard InChI is InChI=1S/C27H29F2N7O6.C15H15F2NO2.C12H15IN6O4/c1-2-31-25(39)22-20(37)21(38)26(42-22)36-13-32-19-23(30)33-18(34-24(19)36)5-3-4-14-8-10-35(11-9-14)27(40)41-15-6-7-16(28)17(29)12-15;1-2-3-11-6-8-18(9-7-11)15(19)20-12-4-5-13(16)14(17)10-12;1-2-15-10(22)7-5(20)6(21)11(23-7)19-3-16-4-8(14)17-12(13)18-9(4)19/h6-7,12-14,20-22,26,37-38H,2,4,8-11H2,1H3,(H,31,39)(H2,30,33,34);1,4-5,10-11H,3,6-9H2;3,5-7,11,20-21H,2H2,1H3,(H,15,22)(H2,14,17,18)/t20?,21-,22-,26+;;5?,6-,7-,11+/m0.0/s1. The number of anilines is 2. The molecule has 8 heterocycles. The zero-order valence-electron chi connectivity index (χ0n) is 45.5. The smallest absolute Gasteiger partial charge is 0.410 e. The number of carbonyl (C=O) groups excluding carboxylic acids is 4. The van der Waals surface area contributed by atoms with Gasteiger partial charge in [-0.2, -0.15) is 0 Å². The van der Waals surface area contributed by atoms with E-state index in [9.17, 15) is 57.2 Å². The predicted molar refractivity (Wildman–Crippen MR) is 300 cm³/mol. The molecule has 31 heteroatoms. The minimum absolute atomic E-state index is 0.000326. The summed E-state index contributed by atoms with van der Waals surface area (Å²) in [4.78, 5) is 76.6. The maximum atomic E-state index is 13.4. The predicted octanol–water partition coefficient (Wildman–Crippen LogP) is 3.06. The number of piperidine rings is 2. The van der Waals surface area contributed by atoms with Crippen molar-refractivity contribution >= 4 is 80.6 Å². The lowest BCUT2D eigenvalue weighted by Crippen LogP contribution is -2.42. The van der Waals surface area contributed by atoms with Crippen molar-refractivity contribution in [3.8, 4) is 35.7 Å². The lowest BCUT2D eigenvalue weighted by Gasteiger charge is -2.30. The number of terminal acetylenes is 1. The van der Waals surface area contributed by atoms with Gasteiger partial charge >= 0.3 is 12.2 Å². The first-order valence-corrected chi connectivity index (χ1v) is 27.8. The first kappa shape index (κ1) is 63.0. The van der Waals surface area contributed by atoms with Crippen molar-refractivity contribution in [1.29, 1.82) is 0 Å². The first-order chi connectivity index (χ1) is 40.7. The highest BCUT2D eigenvalue weighted by Crippen LogP contribution is 2.34. The molecule has 2 unspecified atom stereocenters. The Morgan fingerprint density at radius 3 is 1.53 bits per heavy atom. The lowest BCUT2D eigenvalue weighted by molar-refractivity contribution is -0.138. The maximum absolute atomic E-state index is 13.4. The third-order valence-electron chi connectivity index (χ3n) is 14.0. The molecular formula is C54H59F4IN14O12. The summed E-state index contributed by atoms with van der Waals surface area (Å²) in [5.41, 5.74) is 13.0. The van der Waals surface area contributed by atoms with Crippen LogP contribution < -0.4 is 31.6 Å². The van der Waals surface area contributed by atoms with Crippen molar-refractivity contribution in [2.24, 2.45) is 11.8 Å². The van der Waals surface area contributed by atoms with Crippen LogP contribution in [0.25, 0.3) is 22.3 Å². The van der Waals surface area contributed by atoms with E-state index in [0.29, 0.717) is 85.9 Å². The molecule has 4 aliphatic heterocycles. The van der Waals surface area contributed by atoms with Crippen LogP contribution in [0.5, 0.6) is 11.5 Å². The SMILES string of the molecule is C#CCC1CCN(C(=O)Oc2ccc(F)c(F)c2)CC1.CCNC(=O)[C@H]1O[C@@H](n2cnc3c(N)nc(C#CCC4CCN(C(=O)Oc5ccc(F)c(F)c5)CC4)nc32)[C@@H](O)C1O.CCNC(=O)[C@H]1O[C@@H](n2cnc3c(N)nc(I)nc32)[C@@H](O)C1O. The number of imidazole rings is 2. The van der Waals surface area contributed by atoms with Crippen LogP contribution in [-0.2, 0) is 19.1 Å². The van der Waals surface area contributed by atoms with Crippen LogP contribution in [0, 0.1) is 63.1 Å². The minimum Gasteiger partial charge on any atom is -0.410 e. The number of nitrogens with one attached hydrogen (secondary N) is 2. The molecule has 0 spiro atoms. The molecule has 2 aromatic carbocycles. The van der Waals surface area contributed by atoms with Gasteiger partial charge in [-0.1, -0.05) is 5.92 Å². The van der Waals surface area contributed by atoms with E-state index in [0.717, 1.165) is 37.1 Å². The molecule has 8 atom stereocenters. The van der Waals surface area contributed by atoms with Crippen molar-refractivity contribution in [1.82, 2.24) is 59.5 Å². The average Bonchev–Trinajstić information content (AvgIpc) is 2.36. The van der Waals surface area contributed by atoms with Crippen LogP contribution in [0.4, 0.5) is 38.8 Å². The third-order valence-corrected chi connectivity index (χ3v) is 14.5. The molecule has 85 heavy (non-hydrogen) atoms. The fourth-order valence-electron chi connectivity index (χ4n) is 9.53. The largest absolute Gasteiger partial charge is 0.415 e. The van der Waals surface area contributed by atoms with Crippen LogP contribution in [0.15, 0.2) is 49.1 Å². The number of carbonyl (C=O) groups is 4. The Labute approximate surface area is 495 Å². The second kappa shape index (κ2) is 28.2. The molecule has 4 aromatic heterocycles. The van der Waals surface area contributed by atoms with Gasteiger partial charge < -0.3 is 71.3 Å². The van der Waals surface area contributed by atoms with Crippen molar-refractivity contribution in [3.05, 3.63) is 82.0 Å². The van der Waals surface area contributed by atoms with Crippen molar-refractivity contribution in [3.63, 3.8) is 0 Å². The second-order valence-corrected chi connectivity index (χ2v) is 20.7.